The number of carbonyl (C=O) groups is 1. The number of aromatic nitrogens is 2. The number of rotatable bonds is 9. The van der Waals surface area contributed by atoms with Crippen LogP contribution in [0.25, 0.3) is 0 Å². The number of methoxy groups -OCH3 is 1. The minimum atomic E-state index is -4.82. The topological polar surface area (TPSA) is 118 Å². The summed E-state index contributed by atoms with van der Waals surface area (Å²) in [4.78, 5) is 22.8. The summed E-state index contributed by atoms with van der Waals surface area (Å²) in [7, 11) is 0.689. The van der Waals surface area contributed by atoms with Crippen LogP contribution in [0.15, 0.2) is 48.7 Å². The van der Waals surface area contributed by atoms with Gasteiger partial charge in [0.05, 0.1) is 18.5 Å². The molecular formula is C27H31F3N6O4S. The number of amides is 1. The van der Waals surface area contributed by atoms with Crippen LogP contribution in [0, 0.1) is 0 Å². The lowest BCUT2D eigenvalue weighted by Gasteiger charge is -2.29. The van der Waals surface area contributed by atoms with Gasteiger partial charge in [-0.2, -0.15) is 18.2 Å². The molecule has 1 aliphatic rings. The van der Waals surface area contributed by atoms with Gasteiger partial charge < -0.3 is 29.7 Å². The number of nitrogens with one attached hydrogen (secondary N) is 3. The van der Waals surface area contributed by atoms with Crippen molar-refractivity contribution in [1.82, 2.24) is 20.2 Å². The Labute approximate surface area is 236 Å². The zero-order valence-corrected chi connectivity index (χ0v) is 23.6. The standard InChI is InChI=1S/C27H31F3N6O4S/c1-36-13-11-18(12-14-36)32-24(37)17-9-10-20(23(15-17)39-2)33-26-31-16-19(27(28,29)30)25(34-26)40-22-8-6-5-7-21(22)35-41(3,4)38/h5-10,15-16,18H,3,11-14H2,1-2,4H3,(H,32,37)(H,35,38)(H,31,33,34). The highest BCUT2D eigenvalue weighted by Crippen LogP contribution is 2.39. The Morgan fingerprint density at radius 2 is 1.83 bits per heavy atom. The van der Waals surface area contributed by atoms with Crippen LogP contribution in [-0.2, 0) is 15.9 Å². The minimum absolute atomic E-state index is 0.0431. The number of alkyl halides is 3. The molecule has 1 aromatic heterocycles. The van der Waals surface area contributed by atoms with Crippen molar-refractivity contribution < 1.29 is 31.6 Å². The molecular weight excluding hydrogens is 561 g/mol. The summed E-state index contributed by atoms with van der Waals surface area (Å²) in [5, 5.41) is 5.86. The third kappa shape index (κ3) is 8.01. The first kappa shape index (κ1) is 29.9. The lowest BCUT2D eigenvalue weighted by atomic mass is 10.0. The summed E-state index contributed by atoms with van der Waals surface area (Å²) in [6, 6.07) is 10.8. The van der Waals surface area contributed by atoms with Crippen LogP contribution in [0.2, 0.25) is 0 Å². The number of likely N-dealkylation sites (tertiary alicyclic amines) is 1. The predicted molar refractivity (Wildman–Crippen MR) is 153 cm³/mol. The molecule has 3 aromatic rings. The number of benzene rings is 2. The van der Waals surface area contributed by atoms with Crippen molar-refractivity contribution in [3.63, 3.8) is 0 Å². The van der Waals surface area contributed by atoms with Gasteiger partial charge in [-0.15, -0.1) is 0 Å². The number of anilines is 3. The second-order valence-electron chi connectivity index (χ2n) is 9.71. The van der Waals surface area contributed by atoms with Crippen molar-refractivity contribution in [2.75, 3.05) is 43.5 Å². The normalized spacial score (nSPS) is 16.0. The maximum atomic E-state index is 13.8. The van der Waals surface area contributed by atoms with E-state index in [9.17, 15) is 22.2 Å². The average Bonchev–Trinajstić information content (AvgIpc) is 2.90. The fourth-order valence-electron chi connectivity index (χ4n) is 4.15. The Morgan fingerprint density at radius 1 is 1.12 bits per heavy atom. The van der Waals surface area contributed by atoms with Crippen LogP contribution in [0.3, 0.4) is 0 Å². The first-order chi connectivity index (χ1) is 19.3. The first-order valence-electron chi connectivity index (χ1n) is 12.6. The molecule has 41 heavy (non-hydrogen) atoms. The second kappa shape index (κ2) is 12.2. The van der Waals surface area contributed by atoms with E-state index in [0.29, 0.717) is 17.4 Å². The molecule has 1 amide bonds. The molecule has 0 spiro atoms. The van der Waals surface area contributed by atoms with Crippen LogP contribution in [0.4, 0.5) is 30.5 Å². The molecule has 1 atom stereocenters. The van der Waals surface area contributed by atoms with Crippen molar-refractivity contribution in [2.45, 2.75) is 25.1 Å². The van der Waals surface area contributed by atoms with Crippen LogP contribution >= 0.6 is 0 Å². The molecule has 4 rings (SSSR count). The van der Waals surface area contributed by atoms with E-state index in [-0.39, 0.29) is 35.1 Å². The summed E-state index contributed by atoms with van der Waals surface area (Å²) in [5.41, 5.74) is -0.353. The number of halogens is 3. The van der Waals surface area contributed by atoms with E-state index in [0.717, 1.165) is 25.9 Å². The second-order valence-corrected chi connectivity index (χ2v) is 11.9. The highest BCUT2D eigenvalue weighted by atomic mass is 32.2. The van der Waals surface area contributed by atoms with Crippen LogP contribution in [0.5, 0.6) is 17.4 Å². The maximum absolute atomic E-state index is 13.8. The third-order valence-electron chi connectivity index (χ3n) is 6.24. The fourth-order valence-corrected chi connectivity index (χ4v) is 4.79. The highest BCUT2D eigenvalue weighted by molar-refractivity contribution is 8.00. The highest BCUT2D eigenvalue weighted by Gasteiger charge is 2.37. The molecule has 10 nitrogen and oxygen atoms in total. The molecule has 1 fully saturated rings. The fraction of sp³-hybridized carbons (Fsp3) is 0.333. The van der Waals surface area contributed by atoms with Crippen molar-refractivity contribution in [3.8, 4) is 17.4 Å². The van der Waals surface area contributed by atoms with Gasteiger partial charge in [-0.1, -0.05) is 12.1 Å². The third-order valence-corrected chi connectivity index (χ3v) is 6.89. The van der Waals surface area contributed by atoms with Gasteiger partial charge >= 0.3 is 6.18 Å². The maximum Gasteiger partial charge on any atom is 0.423 e. The molecule has 1 saturated heterocycles. The zero-order chi connectivity index (χ0) is 29.8. The van der Waals surface area contributed by atoms with Gasteiger partial charge in [-0.3, -0.25) is 4.79 Å². The first-order valence-corrected chi connectivity index (χ1v) is 14.7. The van der Waals surface area contributed by atoms with E-state index in [2.05, 4.69) is 36.1 Å². The average molecular weight is 593 g/mol. The lowest BCUT2D eigenvalue weighted by Crippen LogP contribution is -2.43. The molecule has 0 radical (unpaired) electrons. The predicted octanol–water partition coefficient (Wildman–Crippen LogP) is 4.54. The summed E-state index contributed by atoms with van der Waals surface area (Å²) in [6.07, 6.45) is -1.18. The van der Waals surface area contributed by atoms with E-state index < -0.39 is 27.3 Å². The Bertz CT molecular complexity index is 1510. The summed E-state index contributed by atoms with van der Waals surface area (Å²) in [6.45, 7) is 1.79. The molecule has 1 unspecified atom stereocenters. The van der Waals surface area contributed by atoms with Crippen molar-refractivity contribution >= 4 is 38.8 Å². The van der Waals surface area contributed by atoms with Gasteiger partial charge in [0, 0.05) is 33.8 Å². The molecule has 3 N–H and O–H groups in total. The molecule has 2 heterocycles. The molecule has 220 valence electrons. The number of nitrogens with zero attached hydrogens (tertiary/aromatic N) is 3. The summed E-state index contributed by atoms with van der Waals surface area (Å²) < 4.78 is 67.2. The number of carbonyl (C=O) groups excluding carboxylic acids is 1. The molecule has 14 heteroatoms. The number of para-hydroxylation sites is 2. The Balaban J connectivity index is 1.58. The van der Waals surface area contributed by atoms with Gasteiger partial charge in [0.25, 0.3) is 5.91 Å². The summed E-state index contributed by atoms with van der Waals surface area (Å²) in [5.74, 6) is 2.48. The smallest absolute Gasteiger partial charge is 0.423 e. The van der Waals surface area contributed by atoms with Gasteiger partial charge in [0.2, 0.25) is 11.8 Å². The number of hydrogen-bond donors (Lipinski definition) is 3. The van der Waals surface area contributed by atoms with E-state index in [4.69, 9.17) is 9.47 Å². The van der Waals surface area contributed by atoms with Crippen LogP contribution in [0.1, 0.15) is 28.8 Å². The number of piperidine rings is 1. The van der Waals surface area contributed by atoms with Crippen molar-refractivity contribution in [2.24, 2.45) is 0 Å². The Morgan fingerprint density at radius 3 is 2.49 bits per heavy atom. The van der Waals surface area contributed by atoms with Gasteiger partial charge in [-0.05, 0) is 69.2 Å². The van der Waals surface area contributed by atoms with Crippen LogP contribution in [-0.4, -0.2) is 70.4 Å². The number of hydrogen-bond acceptors (Lipinski definition) is 8. The zero-order valence-electron chi connectivity index (χ0n) is 22.7. The molecule has 2 aromatic carbocycles. The van der Waals surface area contributed by atoms with Gasteiger partial charge in [0.1, 0.15) is 11.3 Å². The SMILES string of the molecule is C=S(C)(=O)Nc1ccccc1Oc1nc(Nc2ccc(C(=O)NC3CCN(C)CC3)cc2OC)ncc1C(F)(F)F. The van der Waals surface area contributed by atoms with Crippen molar-refractivity contribution in [3.05, 3.63) is 59.8 Å². The van der Waals surface area contributed by atoms with E-state index in [1.165, 1.54) is 31.6 Å². The Kier molecular flexibility index (Phi) is 8.92. The molecule has 0 aliphatic carbocycles. The van der Waals surface area contributed by atoms with E-state index in [1.54, 1.807) is 24.3 Å². The van der Waals surface area contributed by atoms with Crippen LogP contribution < -0.4 is 24.8 Å². The van der Waals surface area contributed by atoms with E-state index >= 15 is 0 Å². The molecule has 0 bridgehead atoms. The van der Waals surface area contributed by atoms with Gasteiger partial charge in [0.15, 0.2) is 5.75 Å². The van der Waals surface area contributed by atoms with Crippen molar-refractivity contribution in [1.29, 1.82) is 0 Å². The lowest BCUT2D eigenvalue weighted by molar-refractivity contribution is -0.139. The Hall–Kier alpha value is -4.04. The molecule has 1 aliphatic heterocycles. The largest absolute Gasteiger partial charge is 0.495 e. The monoisotopic (exact) mass is 592 g/mol. The quantitative estimate of drug-likeness (QED) is 0.310. The number of ether oxygens (including phenoxy) is 2. The molecule has 0 saturated carbocycles. The van der Waals surface area contributed by atoms with Gasteiger partial charge in [-0.25, -0.2) is 9.19 Å². The van der Waals surface area contributed by atoms with E-state index in [1.807, 2.05) is 7.05 Å². The minimum Gasteiger partial charge on any atom is -0.495 e. The summed E-state index contributed by atoms with van der Waals surface area (Å²) >= 11 is 0.